The maximum absolute atomic E-state index is 12.4. The molecule has 3 rings (SSSR count). The third-order valence-electron chi connectivity index (χ3n) is 3.87. The van der Waals surface area contributed by atoms with E-state index < -0.39 is 5.97 Å². The molecule has 27 heavy (non-hydrogen) atoms. The second-order valence-electron chi connectivity index (χ2n) is 5.75. The van der Waals surface area contributed by atoms with E-state index in [4.69, 9.17) is 0 Å². The molecule has 0 atom stereocenters. The maximum Gasteiger partial charge on any atom is 0.337 e. The summed E-state index contributed by atoms with van der Waals surface area (Å²) in [7, 11) is 1.32. The Kier molecular flexibility index (Phi) is 5.41. The number of aryl methyl sites for hydroxylation is 1. The minimum atomic E-state index is -0.435. The van der Waals surface area contributed by atoms with Gasteiger partial charge in [-0.25, -0.2) is 14.8 Å². The molecule has 3 aromatic rings. The number of ether oxygens (including phenoxy) is 1. The smallest absolute Gasteiger partial charge is 0.337 e. The molecule has 136 valence electrons. The highest BCUT2D eigenvalue weighted by Gasteiger charge is 2.11. The van der Waals surface area contributed by atoms with Crippen molar-refractivity contribution in [3.63, 3.8) is 0 Å². The second-order valence-corrected chi connectivity index (χ2v) is 5.75. The van der Waals surface area contributed by atoms with Crippen LogP contribution in [0.15, 0.2) is 60.9 Å². The fraction of sp³-hybridized carbons (Fsp3) is 0.100. The van der Waals surface area contributed by atoms with E-state index in [1.807, 2.05) is 31.2 Å². The van der Waals surface area contributed by atoms with Crippen LogP contribution in [0.25, 0.3) is 0 Å². The van der Waals surface area contributed by atoms with Crippen molar-refractivity contribution in [3.05, 3.63) is 77.7 Å². The molecule has 2 N–H and O–H groups in total. The molecule has 1 amide bonds. The number of para-hydroxylation sites is 1. The summed E-state index contributed by atoms with van der Waals surface area (Å²) in [6, 6.07) is 15.8. The number of nitrogens with one attached hydrogen (secondary N) is 2. The fourth-order valence-electron chi connectivity index (χ4n) is 2.40. The molecular weight excluding hydrogens is 344 g/mol. The van der Waals surface area contributed by atoms with E-state index in [2.05, 4.69) is 25.3 Å². The number of nitrogens with zero attached hydrogens (tertiary/aromatic N) is 2. The number of anilines is 3. The van der Waals surface area contributed by atoms with E-state index in [-0.39, 0.29) is 11.6 Å². The lowest BCUT2D eigenvalue weighted by molar-refractivity contribution is 0.0600. The van der Waals surface area contributed by atoms with Crippen LogP contribution in [0.1, 0.15) is 26.4 Å². The zero-order valence-corrected chi connectivity index (χ0v) is 14.9. The number of hydrogen-bond acceptors (Lipinski definition) is 6. The van der Waals surface area contributed by atoms with Gasteiger partial charge < -0.3 is 15.4 Å². The van der Waals surface area contributed by atoms with Crippen LogP contribution in [0.4, 0.5) is 17.2 Å². The van der Waals surface area contributed by atoms with E-state index in [0.29, 0.717) is 17.1 Å². The summed E-state index contributed by atoms with van der Waals surface area (Å²) < 4.78 is 4.65. The van der Waals surface area contributed by atoms with Gasteiger partial charge in [-0.2, -0.15) is 0 Å². The van der Waals surface area contributed by atoms with Gasteiger partial charge in [-0.1, -0.05) is 18.2 Å². The Hall–Kier alpha value is -3.74. The summed E-state index contributed by atoms with van der Waals surface area (Å²) in [4.78, 5) is 32.1. The molecular formula is C20H18N4O3. The van der Waals surface area contributed by atoms with Crippen LogP contribution in [0.3, 0.4) is 0 Å². The Morgan fingerprint density at radius 3 is 2.44 bits per heavy atom. The van der Waals surface area contributed by atoms with Crippen molar-refractivity contribution in [2.45, 2.75) is 6.92 Å². The predicted octanol–water partition coefficient (Wildman–Crippen LogP) is 3.57. The van der Waals surface area contributed by atoms with Gasteiger partial charge in [0, 0.05) is 17.4 Å². The molecule has 0 saturated heterocycles. The van der Waals surface area contributed by atoms with Crippen LogP contribution >= 0.6 is 0 Å². The first-order chi connectivity index (χ1) is 13.1. The molecule has 0 saturated carbocycles. The largest absolute Gasteiger partial charge is 0.465 e. The van der Waals surface area contributed by atoms with Crippen LogP contribution in [0.5, 0.6) is 0 Å². The van der Waals surface area contributed by atoms with Crippen LogP contribution in [-0.2, 0) is 4.74 Å². The van der Waals surface area contributed by atoms with Crippen molar-refractivity contribution in [1.29, 1.82) is 0 Å². The van der Waals surface area contributed by atoms with Crippen LogP contribution < -0.4 is 10.6 Å². The maximum atomic E-state index is 12.4. The lowest BCUT2D eigenvalue weighted by atomic mass is 10.2. The monoisotopic (exact) mass is 362 g/mol. The molecule has 0 aliphatic heterocycles. The Morgan fingerprint density at radius 1 is 1.00 bits per heavy atom. The molecule has 0 spiro atoms. The van der Waals surface area contributed by atoms with Crippen molar-refractivity contribution in [2.24, 2.45) is 0 Å². The van der Waals surface area contributed by atoms with Gasteiger partial charge in [0.25, 0.3) is 5.91 Å². The number of carbonyl (C=O) groups is 2. The minimum absolute atomic E-state index is 0.220. The summed E-state index contributed by atoms with van der Waals surface area (Å²) in [5, 5.41) is 5.91. The van der Waals surface area contributed by atoms with E-state index in [1.165, 1.54) is 13.4 Å². The predicted molar refractivity (Wildman–Crippen MR) is 102 cm³/mol. The van der Waals surface area contributed by atoms with Crippen LogP contribution in [0.2, 0.25) is 0 Å². The first-order valence-electron chi connectivity index (χ1n) is 8.21. The van der Waals surface area contributed by atoms with Crippen molar-refractivity contribution in [2.75, 3.05) is 17.7 Å². The molecule has 0 bridgehead atoms. The number of hydrogen-bond donors (Lipinski definition) is 2. The Bertz CT molecular complexity index is 971. The van der Waals surface area contributed by atoms with Gasteiger partial charge in [-0.05, 0) is 42.8 Å². The summed E-state index contributed by atoms with van der Waals surface area (Å²) in [5.41, 5.74) is 3.13. The van der Waals surface area contributed by atoms with Crippen molar-refractivity contribution < 1.29 is 14.3 Å². The van der Waals surface area contributed by atoms with E-state index in [1.54, 1.807) is 30.3 Å². The standard InChI is InChI=1S/C20H18N4O3/c1-13-5-3-4-6-16(13)24-18-11-17(21-12-22-18)19(25)23-15-9-7-14(8-10-15)20(26)27-2/h3-12H,1-2H3,(H,23,25)(H,21,22,24). The summed E-state index contributed by atoms with van der Waals surface area (Å²) >= 11 is 0. The quantitative estimate of drug-likeness (QED) is 0.674. The minimum Gasteiger partial charge on any atom is -0.465 e. The zero-order chi connectivity index (χ0) is 19.2. The van der Waals surface area contributed by atoms with Gasteiger partial charge >= 0.3 is 5.97 Å². The Balaban J connectivity index is 1.72. The number of benzene rings is 2. The van der Waals surface area contributed by atoms with Gasteiger partial charge in [0.05, 0.1) is 12.7 Å². The summed E-state index contributed by atoms with van der Waals surface area (Å²) in [6.45, 7) is 1.98. The molecule has 0 fully saturated rings. The van der Waals surface area contributed by atoms with Crippen molar-refractivity contribution >= 4 is 29.1 Å². The van der Waals surface area contributed by atoms with E-state index in [9.17, 15) is 9.59 Å². The molecule has 1 aromatic heterocycles. The van der Waals surface area contributed by atoms with Crippen molar-refractivity contribution in [1.82, 2.24) is 9.97 Å². The first-order valence-corrected chi connectivity index (χ1v) is 8.21. The molecule has 0 radical (unpaired) electrons. The highest BCUT2D eigenvalue weighted by molar-refractivity contribution is 6.03. The van der Waals surface area contributed by atoms with Crippen LogP contribution in [0, 0.1) is 6.92 Å². The fourth-order valence-corrected chi connectivity index (χ4v) is 2.40. The van der Waals surface area contributed by atoms with Crippen molar-refractivity contribution in [3.8, 4) is 0 Å². The first kappa shape index (κ1) is 18.1. The van der Waals surface area contributed by atoms with Gasteiger partial charge in [-0.15, -0.1) is 0 Å². The topological polar surface area (TPSA) is 93.2 Å². The van der Waals surface area contributed by atoms with Gasteiger partial charge in [0.1, 0.15) is 17.8 Å². The number of esters is 1. The molecule has 0 aliphatic rings. The number of rotatable bonds is 5. The van der Waals surface area contributed by atoms with Gasteiger partial charge in [0.2, 0.25) is 0 Å². The third kappa shape index (κ3) is 4.46. The highest BCUT2D eigenvalue weighted by Crippen LogP contribution is 2.19. The molecule has 1 heterocycles. The zero-order valence-electron chi connectivity index (χ0n) is 14.9. The normalized spacial score (nSPS) is 10.1. The third-order valence-corrected chi connectivity index (χ3v) is 3.87. The molecule has 7 heteroatoms. The average Bonchev–Trinajstić information content (AvgIpc) is 2.70. The number of methoxy groups -OCH3 is 1. The molecule has 0 unspecified atom stereocenters. The van der Waals surface area contributed by atoms with E-state index in [0.717, 1.165) is 11.3 Å². The lowest BCUT2D eigenvalue weighted by Gasteiger charge is -2.10. The molecule has 2 aromatic carbocycles. The Labute approximate surface area is 156 Å². The second kappa shape index (κ2) is 8.09. The van der Waals surface area contributed by atoms with E-state index >= 15 is 0 Å². The van der Waals surface area contributed by atoms with Gasteiger partial charge in [-0.3, -0.25) is 4.79 Å². The Morgan fingerprint density at radius 2 is 1.74 bits per heavy atom. The molecule has 0 aliphatic carbocycles. The van der Waals surface area contributed by atoms with Crippen LogP contribution in [-0.4, -0.2) is 29.0 Å². The SMILES string of the molecule is COC(=O)c1ccc(NC(=O)c2cc(Nc3ccccc3C)ncn2)cc1. The molecule has 7 nitrogen and oxygen atoms in total. The van der Waals surface area contributed by atoms with Gasteiger partial charge in [0.15, 0.2) is 0 Å². The number of aromatic nitrogens is 2. The summed E-state index contributed by atoms with van der Waals surface area (Å²) in [5.74, 6) is -0.294. The lowest BCUT2D eigenvalue weighted by Crippen LogP contribution is -2.14. The average molecular weight is 362 g/mol. The number of amides is 1. The number of carbonyl (C=O) groups excluding carboxylic acids is 2. The highest BCUT2D eigenvalue weighted by atomic mass is 16.5. The summed E-state index contributed by atoms with van der Waals surface area (Å²) in [6.07, 6.45) is 1.33.